The molecule has 1 aliphatic heterocycles. The Morgan fingerprint density at radius 1 is 1.30 bits per heavy atom. The third-order valence-corrected chi connectivity index (χ3v) is 3.74. The van der Waals surface area contributed by atoms with Crippen molar-refractivity contribution in [2.24, 2.45) is 0 Å². The summed E-state index contributed by atoms with van der Waals surface area (Å²) in [6.07, 6.45) is 1.67. The Kier molecular flexibility index (Phi) is 6.17. The SMILES string of the molecule is CNC1CCN(C(=O)c2cc(F)c(F)cc2Cl)CC1.Cl. The normalized spacial score (nSPS) is 15.9. The van der Waals surface area contributed by atoms with Gasteiger partial charge in [-0.1, -0.05) is 11.6 Å². The first kappa shape index (κ1) is 17.1. The van der Waals surface area contributed by atoms with Crippen LogP contribution in [-0.2, 0) is 0 Å². The van der Waals surface area contributed by atoms with Gasteiger partial charge in [0, 0.05) is 19.1 Å². The smallest absolute Gasteiger partial charge is 0.255 e. The monoisotopic (exact) mass is 324 g/mol. The Bertz CT molecular complexity index is 492. The molecule has 0 atom stereocenters. The van der Waals surface area contributed by atoms with Crippen LogP contribution in [0.25, 0.3) is 0 Å². The molecule has 0 radical (unpaired) electrons. The molecule has 1 heterocycles. The highest BCUT2D eigenvalue weighted by Gasteiger charge is 2.25. The quantitative estimate of drug-likeness (QED) is 0.848. The zero-order valence-corrected chi connectivity index (χ0v) is 12.5. The van der Waals surface area contributed by atoms with E-state index in [4.69, 9.17) is 11.6 Å². The van der Waals surface area contributed by atoms with Crippen molar-refractivity contribution >= 4 is 29.9 Å². The van der Waals surface area contributed by atoms with Crippen molar-refractivity contribution in [2.45, 2.75) is 18.9 Å². The zero-order chi connectivity index (χ0) is 14.0. The van der Waals surface area contributed by atoms with E-state index in [0.29, 0.717) is 19.1 Å². The van der Waals surface area contributed by atoms with Crippen molar-refractivity contribution < 1.29 is 13.6 Å². The number of piperidine rings is 1. The summed E-state index contributed by atoms with van der Waals surface area (Å²) in [5.74, 6) is -2.45. The van der Waals surface area contributed by atoms with Crippen molar-refractivity contribution in [3.8, 4) is 0 Å². The number of hydrogen-bond donors (Lipinski definition) is 1. The maximum atomic E-state index is 13.2. The molecule has 1 amide bonds. The fourth-order valence-electron chi connectivity index (χ4n) is 2.23. The van der Waals surface area contributed by atoms with Gasteiger partial charge >= 0.3 is 0 Å². The van der Waals surface area contributed by atoms with Crippen LogP contribution in [0.5, 0.6) is 0 Å². The molecule has 0 bridgehead atoms. The van der Waals surface area contributed by atoms with E-state index in [1.807, 2.05) is 7.05 Å². The Morgan fingerprint density at radius 2 is 1.85 bits per heavy atom. The van der Waals surface area contributed by atoms with Gasteiger partial charge in [0.2, 0.25) is 0 Å². The molecule has 1 aromatic rings. The van der Waals surface area contributed by atoms with Gasteiger partial charge in [0.1, 0.15) is 0 Å². The van der Waals surface area contributed by atoms with Crippen LogP contribution in [0.2, 0.25) is 5.02 Å². The minimum absolute atomic E-state index is 0. The maximum absolute atomic E-state index is 13.2. The summed E-state index contributed by atoms with van der Waals surface area (Å²) in [7, 11) is 1.88. The van der Waals surface area contributed by atoms with Gasteiger partial charge in [0.05, 0.1) is 10.6 Å². The molecule has 0 aliphatic carbocycles. The summed E-state index contributed by atoms with van der Waals surface area (Å²) in [5.41, 5.74) is 0.0171. The lowest BCUT2D eigenvalue weighted by molar-refractivity contribution is 0.0707. The van der Waals surface area contributed by atoms with E-state index < -0.39 is 11.6 Å². The van der Waals surface area contributed by atoms with Crippen LogP contribution >= 0.6 is 24.0 Å². The Hall–Kier alpha value is -0.910. The Morgan fingerprint density at radius 3 is 2.40 bits per heavy atom. The largest absolute Gasteiger partial charge is 0.338 e. The molecule has 7 heteroatoms. The molecule has 1 N–H and O–H groups in total. The topological polar surface area (TPSA) is 32.3 Å². The number of carbonyl (C=O) groups is 1. The maximum Gasteiger partial charge on any atom is 0.255 e. The van der Waals surface area contributed by atoms with Crippen LogP contribution in [0, 0.1) is 11.6 Å². The van der Waals surface area contributed by atoms with Crippen molar-refractivity contribution in [3.63, 3.8) is 0 Å². The highest BCUT2D eigenvalue weighted by atomic mass is 35.5. The van der Waals surface area contributed by atoms with Gasteiger partial charge in [-0.25, -0.2) is 8.78 Å². The molecule has 0 spiro atoms. The average molecular weight is 325 g/mol. The van der Waals surface area contributed by atoms with Gasteiger partial charge in [-0.3, -0.25) is 4.79 Å². The second-order valence-electron chi connectivity index (χ2n) is 4.60. The lowest BCUT2D eigenvalue weighted by Crippen LogP contribution is -2.44. The molecule has 112 valence electrons. The first-order chi connectivity index (χ1) is 9.02. The van der Waals surface area contributed by atoms with Crippen molar-refractivity contribution in [1.29, 1.82) is 0 Å². The Labute approximate surface area is 127 Å². The van der Waals surface area contributed by atoms with Crippen LogP contribution in [0.4, 0.5) is 8.78 Å². The molecule has 1 saturated heterocycles. The number of amides is 1. The molecular weight excluding hydrogens is 309 g/mol. The van der Waals surface area contributed by atoms with E-state index >= 15 is 0 Å². The van der Waals surface area contributed by atoms with Gasteiger partial charge in [-0.05, 0) is 32.0 Å². The molecule has 2 rings (SSSR count). The summed E-state index contributed by atoms with van der Waals surface area (Å²) in [6.45, 7) is 1.17. The first-order valence-corrected chi connectivity index (χ1v) is 6.51. The van der Waals surface area contributed by atoms with Gasteiger partial charge in [0.25, 0.3) is 5.91 Å². The summed E-state index contributed by atoms with van der Waals surface area (Å²) in [4.78, 5) is 13.8. The predicted molar refractivity (Wildman–Crippen MR) is 76.6 cm³/mol. The lowest BCUT2D eigenvalue weighted by Gasteiger charge is -2.32. The zero-order valence-electron chi connectivity index (χ0n) is 11.0. The van der Waals surface area contributed by atoms with Crippen molar-refractivity contribution in [1.82, 2.24) is 10.2 Å². The van der Waals surface area contributed by atoms with E-state index in [9.17, 15) is 13.6 Å². The number of halogens is 4. The number of hydrogen-bond acceptors (Lipinski definition) is 2. The molecule has 0 saturated carbocycles. The van der Waals surface area contributed by atoms with E-state index in [1.165, 1.54) is 0 Å². The second-order valence-corrected chi connectivity index (χ2v) is 5.01. The molecule has 3 nitrogen and oxygen atoms in total. The van der Waals surface area contributed by atoms with E-state index in [-0.39, 0.29) is 28.9 Å². The average Bonchev–Trinajstić information content (AvgIpc) is 2.42. The van der Waals surface area contributed by atoms with Crippen molar-refractivity contribution in [2.75, 3.05) is 20.1 Å². The molecule has 0 aromatic heterocycles. The van der Waals surface area contributed by atoms with Crippen LogP contribution in [-0.4, -0.2) is 37.0 Å². The highest BCUT2D eigenvalue weighted by molar-refractivity contribution is 6.33. The van der Waals surface area contributed by atoms with Gasteiger partial charge in [-0.2, -0.15) is 0 Å². The number of carbonyl (C=O) groups excluding carboxylic acids is 1. The first-order valence-electron chi connectivity index (χ1n) is 6.14. The fourth-order valence-corrected chi connectivity index (χ4v) is 2.46. The third-order valence-electron chi connectivity index (χ3n) is 3.43. The number of likely N-dealkylation sites (tertiary alicyclic amines) is 1. The standard InChI is InChI=1S/C13H15ClF2N2O.ClH/c1-17-8-2-4-18(5-3-8)13(19)9-6-11(15)12(16)7-10(9)14;/h6-8,17H,2-5H2,1H3;1H. The highest BCUT2D eigenvalue weighted by Crippen LogP contribution is 2.23. The summed E-state index contributed by atoms with van der Waals surface area (Å²) in [5, 5.41) is 3.10. The summed E-state index contributed by atoms with van der Waals surface area (Å²) >= 11 is 5.81. The fraction of sp³-hybridized carbons (Fsp3) is 0.462. The van der Waals surface area contributed by atoms with Crippen LogP contribution in [0.1, 0.15) is 23.2 Å². The number of nitrogens with one attached hydrogen (secondary N) is 1. The Balaban J connectivity index is 0.00000200. The van der Waals surface area contributed by atoms with E-state index in [0.717, 1.165) is 25.0 Å². The molecule has 20 heavy (non-hydrogen) atoms. The molecule has 1 aliphatic rings. The van der Waals surface area contributed by atoms with Crippen LogP contribution in [0.15, 0.2) is 12.1 Å². The van der Waals surface area contributed by atoms with Gasteiger partial charge < -0.3 is 10.2 Å². The number of rotatable bonds is 2. The minimum atomic E-state index is -1.06. The molecular formula is C13H16Cl2F2N2O. The molecule has 1 fully saturated rings. The molecule has 1 aromatic carbocycles. The second kappa shape index (κ2) is 7.20. The minimum Gasteiger partial charge on any atom is -0.338 e. The molecule has 0 unspecified atom stereocenters. The van der Waals surface area contributed by atoms with Crippen molar-refractivity contribution in [3.05, 3.63) is 34.4 Å². The summed E-state index contributed by atoms with van der Waals surface area (Å²) in [6, 6.07) is 2.10. The van der Waals surface area contributed by atoms with Crippen LogP contribution < -0.4 is 5.32 Å². The van der Waals surface area contributed by atoms with Crippen LogP contribution in [0.3, 0.4) is 0 Å². The predicted octanol–water partition coefficient (Wildman–Crippen LogP) is 2.86. The van der Waals surface area contributed by atoms with Gasteiger partial charge in [-0.15, -0.1) is 12.4 Å². The number of benzene rings is 1. The van der Waals surface area contributed by atoms with Gasteiger partial charge in [0.15, 0.2) is 11.6 Å². The van der Waals surface area contributed by atoms with E-state index in [1.54, 1.807) is 4.90 Å². The third kappa shape index (κ3) is 3.59. The summed E-state index contributed by atoms with van der Waals surface area (Å²) < 4.78 is 26.2. The van der Waals surface area contributed by atoms with E-state index in [2.05, 4.69) is 5.32 Å². The lowest BCUT2D eigenvalue weighted by atomic mass is 10.0. The number of nitrogens with zero attached hydrogens (tertiary/aromatic N) is 1.